The summed E-state index contributed by atoms with van der Waals surface area (Å²) in [5.41, 5.74) is 0. The van der Waals surface area contributed by atoms with Crippen LogP contribution < -0.4 is 101 Å². The van der Waals surface area contributed by atoms with Crippen molar-refractivity contribution >= 4 is 0 Å². The Morgan fingerprint density at radius 2 is 0.500 bits per heavy atom. The third kappa shape index (κ3) is 23.8. The van der Waals surface area contributed by atoms with Gasteiger partial charge >= 0.3 is 101 Å². The smallest absolute Gasteiger partial charge is 1.00 e. The van der Waals surface area contributed by atoms with E-state index in [2.05, 4.69) is 0 Å². The molecule has 0 rings (SSSR count). The van der Waals surface area contributed by atoms with Crippen LogP contribution in [0.2, 0.25) is 0 Å². The normalized spacial score (nSPS) is 0. The van der Waals surface area contributed by atoms with E-state index in [1.54, 1.807) is 0 Å². The molecule has 0 fully saturated rings. The fraction of sp³-hybridized carbons (Fsp3) is 0. The summed E-state index contributed by atoms with van der Waals surface area (Å²) >= 11 is 0. The van der Waals surface area contributed by atoms with Crippen LogP contribution in [-0.4, -0.2) is 0 Å². The molecule has 0 atom stereocenters. The first-order valence-electron chi connectivity index (χ1n) is 0. The van der Waals surface area contributed by atoms with Crippen molar-refractivity contribution in [2.75, 3.05) is 0 Å². The van der Waals surface area contributed by atoms with Gasteiger partial charge in [-0.25, -0.2) is 0 Å². The number of hydrogen-bond acceptors (Lipinski definition) is 0. The van der Waals surface area contributed by atoms with Gasteiger partial charge in [-0.15, -0.1) is 0 Å². The van der Waals surface area contributed by atoms with E-state index in [4.69, 9.17) is 0 Å². The third-order valence-electron chi connectivity index (χ3n) is 0. The number of hydrogen-bond donors (Lipinski definition) is 0. The zero-order chi connectivity index (χ0) is 0. The Bertz CT molecular complexity index is 7.51. The van der Waals surface area contributed by atoms with E-state index in [1.165, 1.54) is 0 Å². The summed E-state index contributed by atoms with van der Waals surface area (Å²) < 4.78 is 0. The fourth-order valence-electron chi connectivity index (χ4n) is 0. The number of rotatable bonds is 0. The van der Waals surface area contributed by atoms with Gasteiger partial charge in [-0.05, 0) is 0 Å². The van der Waals surface area contributed by atoms with Crippen molar-refractivity contribution in [1.29, 1.82) is 0 Å². The van der Waals surface area contributed by atoms with Gasteiger partial charge in [-0.3, -0.25) is 0 Å². The minimum absolute atomic E-state index is 0. The first kappa shape index (κ1) is 47.6. The number of halogens is 4. The van der Waals surface area contributed by atoms with Crippen molar-refractivity contribution in [3.05, 3.63) is 0 Å². The SMILES string of the molecule is [Cl-].[Cl-].[Cl-].[Cl-].[Eu+3].[K+]. The Kier molecular flexibility index (Phi) is 272. The Hall–Kier alpha value is 4.38. The molecule has 0 nitrogen and oxygen atoms in total. The summed E-state index contributed by atoms with van der Waals surface area (Å²) in [5, 5.41) is 0. The predicted octanol–water partition coefficient (Wildman–Crippen LogP) is -15.0. The molecule has 0 spiro atoms. The van der Waals surface area contributed by atoms with Crippen LogP contribution in [0.3, 0.4) is 0 Å². The van der Waals surface area contributed by atoms with Crippen LogP contribution in [0.5, 0.6) is 0 Å². The van der Waals surface area contributed by atoms with Gasteiger partial charge in [0.2, 0.25) is 0 Å². The molecule has 0 heterocycles. The molecule has 0 aromatic carbocycles. The van der Waals surface area contributed by atoms with Gasteiger partial charge in [0, 0.05) is 0 Å². The summed E-state index contributed by atoms with van der Waals surface area (Å²) in [5.74, 6) is 0. The van der Waals surface area contributed by atoms with Gasteiger partial charge in [0.05, 0.1) is 0 Å². The van der Waals surface area contributed by atoms with Gasteiger partial charge < -0.3 is 49.6 Å². The maximum Gasteiger partial charge on any atom is 3.00 e. The Labute approximate surface area is 146 Å². The molecule has 6 heteroatoms. The quantitative estimate of drug-likeness (QED) is 0.387. The first-order chi connectivity index (χ1) is 0. The molecular weight excluding hydrogens is 333 g/mol. The molecule has 6 heavy (non-hydrogen) atoms. The van der Waals surface area contributed by atoms with E-state index in [-0.39, 0.29) is 150 Å². The molecule has 0 aliphatic heterocycles. The van der Waals surface area contributed by atoms with Crippen LogP contribution in [0.4, 0.5) is 0 Å². The molecule has 0 aliphatic carbocycles. The Morgan fingerprint density at radius 1 is 0.500 bits per heavy atom. The molecule has 0 aromatic heterocycles. The molecule has 0 saturated heterocycles. The monoisotopic (exact) mass is 332 g/mol. The molecule has 0 bridgehead atoms. The van der Waals surface area contributed by atoms with Crippen LogP contribution in [-0.2, 0) is 0 Å². The molecule has 0 aromatic rings. The zero-order valence-electron chi connectivity index (χ0n) is 2.89. The maximum atomic E-state index is 0. The van der Waals surface area contributed by atoms with E-state index in [9.17, 15) is 0 Å². The average molecular weight is 333 g/mol. The van der Waals surface area contributed by atoms with Crippen molar-refractivity contribution < 1.29 is 150 Å². The predicted molar refractivity (Wildman–Crippen MR) is 0 cm³/mol. The van der Waals surface area contributed by atoms with Gasteiger partial charge in [0.15, 0.2) is 0 Å². The Balaban J connectivity index is 0. The molecule has 0 saturated carbocycles. The molecule has 36 valence electrons. The summed E-state index contributed by atoms with van der Waals surface area (Å²) in [6.45, 7) is 0. The molecule has 0 unspecified atom stereocenters. The van der Waals surface area contributed by atoms with Crippen molar-refractivity contribution in [3.63, 3.8) is 0 Å². The maximum absolute atomic E-state index is 0. The molecule has 0 aliphatic rings. The Morgan fingerprint density at radius 3 is 0.500 bits per heavy atom. The van der Waals surface area contributed by atoms with Crippen LogP contribution in [0, 0.1) is 49.4 Å². The summed E-state index contributed by atoms with van der Waals surface area (Å²) in [6, 6.07) is 0. The first-order valence-corrected chi connectivity index (χ1v) is 0. The second-order valence-electron chi connectivity index (χ2n) is 0. The molecule has 0 radical (unpaired) electrons. The van der Waals surface area contributed by atoms with Crippen molar-refractivity contribution in [2.45, 2.75) is 0 Å². The largest absolute Gasteiger partial charge is 3.00 e. The van der Waals surface area contributed by atoms with Crippen LogP contribution in [0.1, 0.15) is 0 Å². The van der Waals surface area contributed by atoms with E-state index in [0.29, 0.717) is 0 Å². The van der Waals surface area contributed by atoms with Gasteiger partial charge in [-0.2, -0.15) is 0 Å². The van der Waals surface area contributed by atoms with E-state index in [0.717, 1.165) is 0 Å². The molecule has 0 amide bonds. The van der Waals surface area contributed by atoms with Crippen molar-refractivity contribution in [2.24, 2.45) is 0 Å². The summed E-state index contributed by atoms with van der Waals surface area (Å²) in [4.78, 5) is 0. The van der Waals surface area contributed by atoms with Crippen LogP contribution >= 0.6 is 0 Å². The van der Waals surface area contributed by atoms with Gasteiger partial charge in [-0.1, -0.05) is 0 Å². The molecular formula is Cl4EuK. The topological polar surface area (TPSA) is 0 Å². The van der Waals surface area contributed by atoms with Gasteiger partial charge in [0.1, 0.15) is 0 Å². The van der Waals surface area contributed by atoms with Crippen LogP contribution in [0.25, 0.3) is 0 Å². The van der Waals surface area contributed by atoms with Crippen molar-refractivity contribution in [1.82, 2.24) is 0 Å². The fourth-order valence-corrected chi connectivity index (χ4v) is 0. The van der Waals surface area contributed by atoms with E-state index < -0.39 is 0 Å². The van der Waals surface area contributed by atoms with Crippen LogP contribution in [0.15, 0.2) is 0 Å². The second kappa shape index (κ2) is 34.3. The zero-order valence-corrected chi connectivity index (χ0v) is 11.5. The molecule has 0 N–H and O–H groups in total. The van der Waals surface area contributed by atoms with E-state index in [1.807, 2.05) is 0 Å². The third-order valence-corrected chi connectivity index (χ3v) is 0. The van der Waals surface area contributed by atoms with E-state index >= 15 is 0 Å². The standard InChI is InChI=1S/4ClH.Eu.K/h4*1H;;/q;;;;+3;+1/p-4. The van der Waals surface area contributed by atoms with Gasteiger partial charge in [0.25, 0.3) is 0 Å². The second-order valence-corrected chi connectivity index (χ2v) is 0. The minimum Gasteiger partial charge on any atom is -1.00 e. The summed E-state index contributed by atoms with van der Waals surface area (Å²) in [7, 11) is 0. The summed E-state index contributed by atoms with van der Waals surface area (Å²) in [6.07, 6.45) is 0. The average Bonchev–Trinajstić information content (AvgIpc) is 0. The minimum atomic E-state index is 0. The van der Waals surface area contributed by atoms with Crippen molar-refractivity contribution in [3.8, 4) is 0 Å².